The molecule has 1 aromatic heterocycles. The van der Waals surface area contributed by atoms with Gasteiger partial charge in [-0.2, -0.15) is 0 Å². The molecule has 0 aliphatic carbocycles. The number of hydrogen-bond donors (Lipinski definition) is 2. The van der Waals surface area contributed by atoms with Crippen LogP contribution in [0.5, 0.6) is 5.75 Å². The molecule has 2 aromatic rings. The lowest BCUT2D eigenvalue weighted by Crippen LogP contribution is -2.14. The number of pyridine rings is 1. The summed E-state index contributed by atoms with van der Waals surface area (Å²) < 4.78 is 26.6. The molecule has 9 heteroatoms. The summed E-state index contributed by atoms with van der Waals surface area (Å²) in [5.41, 5.74) is 1.30. The van der Waals surface area contributed by atoms with Crippen molar-refractivity contribution in [1.29, 1.82) is 0 Å². The third-order valence-corrected chi connectivity index (χ3v) is 4.42. The molecule has 116 valence electrons. The van der Waals surface area contributed by atoms with E-state index in [4.69, 9.17) is 0 Å². The van der Waals surface area contributed by atoms with E-state index in [9.17, 15) is 23.6 Å². The highest BCUT2D eigenvalue weighted by atomic mass is 32.2. The number of nitro groups is 1. The van der Waals surface area contributed by atoms with Gasteiger partial charge in [-0.15, -0.1) is 0 Å². The monoisotopic (exact) mass is 323 g/mol. The van der Waals surface area contributed by atoms with E-state index in [1.807, 2.05) is 6.92 Å². The van der Waals surface area contributed by atoms with Gasteiger partial charge in [0.15, 0.2) is 11.6 Å². The molecule has 22 heavy (non-hydrogen) atoms. The van der Waals surface area contributed by atoms with Crippen molar-refractivity contribution in [3.05, 3.63) is 51.7 Å². The Morgan fingerprint density at radius 1 is 1.23 bits per heavy atom. The van der Waals surface area contributed by atoms with E-state index < -0.39 is 26.4 Å². The fourth-order valence-electron chi connectivity index (χ4n) is 1.69. The molecule has 0 atom stereocenters. The highest BCUT2D eigenvalue weighted by Crippen LogP contribution is 2.27. The predicted octanol–water partition coefficient (Wildman–Crippen LogP) is 2.11. The number of sulfonamides is 1. The molecule has 0 saturated heterocycles. The second kappa shape index (κ2) is 5.60. The van der Waals surface area contributed by atoms with Crippen molar-refractivity contribution >= 4 is 21.5 Å². The molecular weight excluding hydrogens is 310 g/mol. The number of anilines is 1. The average molecular weight is 323 g/mol. The molecule has 1 aromatic carbocycles. The normalized spacial score (nSPS) is 11.2. The van der Waals surface area contributed by atoms with Gasteiger partial charge in [0.05, 0.1) is 15.9 Å². The first-order valence-corrected chi connectivity index (χ1v) is 7.62. The van der Waals surface area contributed by atoms with E-state index in [2.05, 4.69) is 9.71 Å². The van der Waals surface area contributed by atoms with Gasteiger partial charge in [-0.3, -0.25) is 14.8 Å². The summed E-state index contributed by atoms with van der Waals surface area (Å²) in [7, 11) is -3.95. The summed E-state index contributed by atoms with van der Waals surface area (Å²) in [4.78, 5) is 13.4. The Morgan fingerprint density at radius 2 is 1.91 bits per heavy atom. The van der Waals surface area contributed by atoms with E-state index in [-0.39, 0.29) is 10.7 Å². The fraction of sp³-hybridized carbons (Fsp3) is 0.154. The van der Waals surface area contributed by atoms with Crippen molar-refractivity contribution in [2.24, 2.45) is 0 Å². The number of nitrogens with zero attached hydrogens (tertiary/aromatic N) is 2. The van der Waals surface area contributed by atoms with Crippen LogP contribution in [-0.2, 0) is 10.0 Å². The standard InChI is InChI=1S/C13H13N3O5S/c1-8-3-4-11(5-9(8)2)22(20,21)15-13-12(17)6-10(7-14-13)16(18)19/h3-7,17H,1-2H3,(H,14,15). The van der Waals surface area contributed by atoms with Crippen molar-refractivity contribution in [3.8, 4) is 5.75 Å². The zero-order valence-electron chi connectivity index (χ0n) is 11.8. The van der Waals surface area contributed by atoms with Crippen LogP contribution in [0.3, 0.4) is 0 Å². The molecule has 2 rings (SSSR count). The van der Waals surface area contributed by atoms with Crippen LogP contribution in [0.2, 0.25) is 0 Å². The summed E-state index contributed by atoms with van der Waals surface area (Å²) in [6.45, 7) is 3.62. The van der Waals surface area contributed by atoms with Gasteiger partial charge in [0, 0.05) is 0 Å². The van der Waals surface area contributed by atoms with Crippen LogP contribution in [-0.4, -0.2) is 23.4 Å². The molecule has 0 aliphatic heterocycles. The largest absolute Gasteiger partial charge is 0.504 e. The van der Waals surface area contributed by atoms with E-state index in [0.29, 0.717) is 0 Å². The zero-order chi connectivity index (χ0) is 16.5. The number of rotatable bonds is 4. The first kappa shape index (κ1) is 15.7. The van der Waals surface area contributed by atoms with Crippen molar-refractivity contribution in [2.75, 3.05) is 4.72 Å². The number of aryl methyl sites for hydroxylation is 2. The van der Waals surface area contributed by atoms with Crippen LogP contribution < -0.4 is 4.72 Å². The maximum Gasteiger partial charge on any atom is 0.291 e. The average Bonchev–Trinajstić information content (AvgIpc) is 2.43. The molecule has 0 saturated carbocycles. The predicted molar refractivity (Wildman–Crippen MR) is 79.3 cm³/mol. The van der Waals surface area contributed by atoms with Crippen LogP contribution in [0, 0.1) is 24.0 Å². The topological polar surface area (TPSA) is 122 Å². The van der Waals surface area contributed by atoms with Crippen LogP contribution >= 0.6 is 0 Å². The Balaban J connectivity index is 2.36. The maximum atomic E-state index is 12.2. The third kappa shape index (κ3) is 3.14. The molecule has 0 unspecified atom stereocenters. The summed E-state index contributed by atoms with van der Waals surface area (Å²) in [5.74, 6) is -0.995. The summed E-state index contributed by atoms with van der Waals surface area (Å²) >= 11 is 0. The van der Waals surface area contributed by atoms with Gasteiger partial charge in [-0.05, 0) is 37.1 Å². The van der Waals surface area contributed by atoms with E-state index >= 15 is 0 Å². The quantitative estimate of drug-likeness (QED) is 0.656. The number of benzene rings is 1. The fourth-order valence-corrected chi connectivity index (χ4v) is 2.80. The van der Waals surface area contributed by atoms with E-state index in [0.717, 1.165) is 23.4 Å². The highest BCUT2D eigenvalue weighted by Gasteiger charge is 2.19. The molecule has 0 fully saturated rings. The van der Waals surface area contributed by atoms with Gasteiger partial charge in [0.25, 0.3) is 15.7 Å². The minimum atomic E-state index is -3.95. The van der Waals surface area contributed by atoms with E-state index in [1.165, 1.54) is 12.1 Å². The Labute approximate surface area is 126 Å². The van der Waals surface area contributed by atoms with Crippen LogP contribution in [0.4, 0.5) is 11.5 Å². The second-order valence-corrected chi connectivity index (χ2v) is 6.35. The van der Waals surface area contributed by atoms with Gasteiger partial charge in [-0.25, -0.2) is 13.4 Å². The number of aromatic nitrogens is 1. The van der Waals surface area contributed by atoms with Gasteiger partial charge in [0.2, 0.25) is 0 Å². The molecule has 0 amide bonds. The van der Waals surface area contributed by atoms with Crippen molar-refractivity contribution in [2.45, 2.75) is 18.7 Å². The van der Waals surface area contributed by atoms with Crippen LogP contribution in [0.15, 0.2) is 35.4 Å². The summed E-state index contributed by atoms with van der Waals surface area (Å²) in [6, 6.07) is 5.39. The molecular formula is C13H13N3O5S. The smallest absolute Gasteiger partial charge is 0.291 e. The Hall–Kier alpha value is -2.68. The van der Waals surface area contributed by atoms with Gasteiger partial charge < -0.3 is 5.11 Å². The highest BCUT2D eigenvalue weighted by molar-refractivity contribution is 7.92. The lowest BCUT2D eigenvalue weighted by atomic mass is 10.1. The molecule has 8 nitrogen and oxygen atoms in total. The Morgan fingerprint density at radius 3 is 2.45 bits per heavy atom. The summed E-state index contributed by atoms with van der Waals surface area (Å²) in [5, 5.41) is 20.2. The second-order valence-electron chi connectivity index (χ2n) is 4.67. The number of aromatic hydroxyl groups is 1. The first-order valence-electron chi connectivity index (χ1n) is 6.14. The number of hydrogen-bond acceptors (Lipinski definition) is 6. The lowest BCUT2D eigenvalue weighted by molar-refractivity contribution is -0.385. The minimum absolute atomic E-state index is 0.00940. The van der Waals surface area contributed by atoms with Gasteiger partial charge >= 0.3 is 0 Å². The number of nitrogens with one attached hydrogen (secondary N) is 1. The lowest BCUT2D eigenvalue weighted by Gasteiger charge is -2.10. The van der Waals surface area contributed by atoms with Crippen molar-refractivity contribution in [3.63, 3.8) is 0 Å². The van der Waals surface area contributed by atoms with Crippen molar-refractivity contribution < 1.29 is 18.4 Å². The molecule has 0 radical (unpaired) electrons. The van der Waals surface area contributed by atoms with Crippen LogP contribution in [0.1, 0.15) is 11.1 Å². The van der Waals surface area contributed by atoms with Crippen LogP contribution in [0.25, 0.3) is 0 Å². The Kier molecular flexibility index (Phi) is 4.00. The molecule has 0 aliphatic rings. The molecule has 1 heterocycles. The maximum absolute atomic E-state index is 12.2. The molecule has 2 N–H and O–H groups in total. The van der Waals surface area contributed by atoms with E-state index in [1.54, 1.807) is 13.0 Å². The van der Waals surface area contributed by atoms with Gasteiger partial charge in [0.1, 0.15) is 6.20 Å². The van der Waals surface area contributed by atoms with Gasteiger partial charge in [-0.1, -0.05) is 6.07 Å². The molecule has 0 bridgehead atoms. The third-order valence-electron chi connectivity index (χ3n) is 3.08. The van der Waals surface area contributed by atoms with Crippen molar-refractivity contribution in [1.82, 2.24) is 4.98 Å². The minimum Gasteiger partial charge on any atom is -0.504 e. The SMILES string of the molecule is Cc1ccc(S(=O)(=O)Nc2ncc([N+](=O)[O-])cc2O)cc1C. The molecule has 0 spiro atoms. The zero-order valence-corrected chi connectivity index (χ0v) is 12.6. The first-order chi connectivity index (χ1) is 10.2. The summed E-state index contributed by atoms with van der Waals surface area (Å²) in [6.07, 6.45) is 0.859. The Bertz CT molecular complexity index is 849.